The van der Waals surface area contributed by atoms with Gasteiger partial charge in [0.15, 0.2) is 0 Å². The zero-order chi connectivity index (χ0) is 10.7. The minimum absolute atomic E-state index is 0.0429. The van der Waals surface area contributed by atoms with E-state index in [4.69, 9.17) is 0 Å². The van der Waals surface area contributed by atoms with Crippen LogP contribution in [0.25, 0.3) is 0 Å². The lowest BCUT2D eigenvalue weighted by atomic mass is 9.70. The molecule has 2 aliphatic carbocycles. The Bertz CT molecular complexity index is 178. The van der Waals surface area contributed by atoms with Crippen LogP contribution in [0.1, 0.15) is 64.7 Å². The predicted octanol–water partition coefficient (Wildman–Crippen LogP) is 3.75. The van der Waals surface area contributed by atoms with Gasteiger partial charge in [0.25, 0.3) is 0 Å². The smallest absolute Gasteiger partial charge is 0.0596 e. The van der Waals surface area contributed by atoms with Gasteiger partial charge in [-0.15, -0.1) is 0 Å². The molecule has 0 spiro atoms. The molecule has 2 saturated carbocycles. The van der Waals surface area contributed by atoms with Gasteiger partial charge in [0.2, 0.25) is 0 Å². The number of hydrogen-bond acceptors (Lipinski definition) is 1. The average Bonchev–Trinajstić information content (AvgIpc) is 2.16. The minimum Gasteiger partial charge on any atom is -0.393 e. The van der Waals surface area contributed by atoms with Crippen molar-refractivity contribution >= 4 is 0 Å². The van der Waals surface area contributed by atoms with E-state index in [0.717, 1.165) is 5.92 Å². The Kier molecular flexibility index (Phi) is 4.07. The molecule has 2 fully saturated rings. The molecule has 0 heterocycles. The Morgan fingerprint density at radius 1 is 1.00 bits per heavy atom. The first kappa shape index (κ1) is 11.4. The molecular weight excluding hydrogens is 184 g/mol. The quantitative estimate of drug-likeness (QED) is 0.749. The van der Waals surface area contributed by atoms with Gasteiger partial charge in [-0.25, -0.2) is 0 Å². The Morgan fingerprint density at radius 3 is 2.07 bits per heavy atom. The maximum Gasteiger partial charge on any atom is 0.0596 e. The number of aliphatic hydroxyl groups is 1. The first-order valence-corrected chi connectivity index (χ1v) is 6.99. The Balaban J connectivity index is 1.72. The molecule has 2 rings (SSSR count). The van der Waals surface area contributed by atoms with Crippen molar-refractivity contribution in [1.82, 2.24) is 0 Å². The van der Waals surface area contributed by atoms with E-state index in [1.807, 2.05) is 0 Å². The van der Waals surface area contributed by atoms with Crippen molar-refractivity contribution in [2.24, 2.45) is 17.8 Å². The SMILES string of the molecule is CCCC1CCC(C(O)C2CCC2)CC1. The fourth-order valence-electron chi connectivity index (χ4n) is 3.39. The van der Waals surface area contributed by atoms with Crippen molar-refractivity contribution in [3.8, 4) is 0 Å². The lowest BCUT2D eigenvalue weighted by Gasteiger charge is -2.38. The Labute approximate surface area is 94.3 Å². The predicted molar refractivity (Wildman–Crippen MR) is 63.7 cm³/mol. The highest BCUT2D eigenvalue weighted by molar-refractivity contribution is 4.85. The highest BCUT2D eigenvalue weighted by atomic mass is 16.3. The first-order chi connectivity index (χ1) is 7.31. The van der Waals surface area contributed by atoms with Crippen molar-refractivity contribution in [1.29, 1.82) is 0 Å². The van der Waals surface area contributed by atoms with Crippen LogP contribution >= 0.6 is 0 Å². The van der Waals surface area contributed by atoms with Crippen LogP contribution in [0.5, 0.6) is 0 Å². The lowest BCUT2D eigenvalue weighted by molar-refractivity contribution is -0.00414. The molecule has 1 N–H and O–H groups in total. The first-order valence-electron chi connectivity index (χ1n) is 6.99. The van der Waals surface area contributed by atoms with Crippen molar-refractivity contribution in [2.75, 3.05) is 0 Å². The van der Waals surface area contributed by atoms with Gasteiger partial charge in [0, 0.05) is 0 Å². The average molecular weight is 210 g/mol. The van der Waals surface area contributed by atoms with Crippen molar-refractivity contribution in [3.63, 3.8) is 0 Å². The molecule has 0 aromatic heterocycles. The topological polar surface area (TPSA) is 20.2 Å². The van der Waals surface area contributed by atoms with Crippen LogP contribution in [0.2, 0.25) is 0 Å². The van der Waals surface area contributed by atoms with Crippen molar-refractivity contribution in [3.05, 3.63) is 0 Å². The second-order valence-electron chi connectivity index (χ2n) is 5.75. The van der Waals surface area contributed by atoms with E-state index in [2.05, 4.69) is 6.92 Å². The summed E-state index contributed by atoms with van der Waals surface area (Å²) in [5.74, 6) is 2.28. The number of rotatable bonds is 4. The van der Waals surface area contributed by atoms with Crippen LogP contribution in [0.4, 0.5) is 0 Å². The fraction of sp³-hybridized carbons (Fsp3) is 1.00. The van der Waals surface area contributed by atoms with Gasteiger partial charge in [-0.2, -0.15) is 0 Å². The van der Waals surface area contributed by atoms with Gasteiger partial charge in [0.05, 0.1) is 6.10 Å². The van der Waals surface area contributed by atoms with E-state index in [1.165, 1.54) is 57.8 Å². The lowest BCUT2D eigenvalue weighted by Crippen LogP contribution is -2.35. The summed E-state index contributed by atoms with van der Waals surface area (Å²) < 4.78 is 0. The molecule has 15 heavy (non-hydrogen) atoms. The van der Waals surface area contributed by atoms with Crippen LogP contribution in [-0.2, 0) is 0 Å². The summed E-state index contributed by atoms with van der Waals surface area (Å²) in [4.78, 5) is 0. The molecule has 1 nitrogen and oxygen atoms in total. The highest BCUT2D eigenvalue weighted by Crippen LogP contribution is 2.39. The van der Waals surface area contributed by atoms with Gasteiger partial charge in [-0.1, -0.05) is 39.0 Å². The van der Waals surface area contributed by atoms with Crippen molar-refractivity contribution < 1.29 is 5.11 Å². The standard InChI is InChI=1S/C14H26O/c1-2-4-11-7-9-13(10-8-11)14(15)12-5-3-6-12/h11-15H,2-10H2,1H3. The molecule has 0 saturated heterocycles. The molecule has 0 radical (unpaired) electrons. The highest BCUT2D eigenvalue weighted by Gasteiger charge is 2.33. The summed E-state index contributed by atoms with van der Waals surface area (Å²) in [6, 6.07) is 0. The number of aliphatic hydroxyl groups excluding tert-OH is 1. The summed E-state index contributed by atoms with van der Waals surface area (Å²) in [7, 11) is 0. The van der Waals surface area contributed by atoms with Crippen molar-refractivity contribution in [2.45, 2.75) is 70.8 Å². The Hall–Kier alpha value is -0.0400. The van der Waals surface area contributed by atoms with Gasteiger partial charge >= 0.3 is 0 Å². The largest absolute Gasteiger partial charge is 0.393 e. The molecular formula is C14H26O. The van der Waals surface area contributed by atoms with Crippen LogP contribution in [0.15, 0.2) is 0 Å². The third-order valence-corrected chi connectivity index (χ3v) is 4.70. The molecule has 0 aliphatic heterocycles. The summed E-state index contributed by atoms with van der Waals surface area (Å²) in [5, 5.41) is 10.2. The normalized spacial score (nSPS) is 34.8. The van der Waals surface area contributed by atoms with Crippen LogP contribution in [-0.4, -0.2) is 11.2 Å². The zero-order valence-corrected chi connectivity index (χ0v) is 10.1. The van der Waals surface area contributed by atoms with Gasteiger partial charge in [-0.05, 0) is 43.4 Å². The zero-order valence-electron chi connectivity index (χ0n) is 10.1. The Morgan fingerprint density at radius 2 is 1.60 bits per heavy atom. The van der Waals surface area contributed by atoms with Gasteiger partial charge in [0.1, 0.15) is 0 Å². The molecule has 1 heteroatoms. The monoisotopic (exact) mass is 210 g/mol. The third-order valence-electron chi connectivity index (χ3n) is 4.70. The third kappa shape index (κ3) is 2.75. The summed E-state index contributed by atoms with van der Waals surface area (Å²) in [6.45, 7) is 2.29. The van der Waals surface area contributed by atoms with E-state index >= 15 is 0 Å². The van der Waals surface area contributed by atoms with Crippen LogP contribution in [0, 0.1) is 17.8 Å². The molecule has 1 unspecified atom stereocenters. The summed E-state index contributed by atoms with van der Waals surface area (Å²) in [5.41, 5.74) is 0. The molecule has 0 aromatic rings. The second kappa shape index (κ2) is 5.34. The molecule has 0 amide bonds. The maximum atomic E-state index is 10.2. The van der Waals surface area contributed by atoms with E-state index in [9.17, 15) is 5.11 Å². The van der Waals surface area contributed by atoms with Crippen LogP contribution in [0.3, 0.4) is 0 Å². The van der Waals surface area contributed by atoms with Crippen LogP contribution < -0.4 is 0 Å². The fourth-order valence-corrected chi connectivity index (χ4v) is 3.39. The molecule has 1 atom stereocenters. The maximum absolute atomic E-state index is 10.2. The second-order valence-corrected chi connectivity index (χ2v) is 5.75. The molecule has 0 bridgehead atoms. The number of hydrogen-bond donors (Lipinski definition) is 1. The van der Waals surface area contributed by atoms with E-state index in [1.54, 1.807) is 0 Å². The summed E-state index contributed by atoms with van der Waals surface area (Å²) in [6.07, 6.45) is 12.1. The summed E-state index contributed by atoms with van der Waals surface area (Å²) >= 11 is 0. The van der Waals surface area contributed by atoms with E-state index in [0.29, 0.717) is 11.8 Å². The molecule has 2 aliphatic rings. The van der Waals surface area contributed by atoms with E-state index < -0.39 is 0 Å². The van der Waals surface area contributed by atoms with Gasteiger partial charge < -0.3 is 5.11 Å². The molecule has 0 aromatic carbocycles. The van der Waals surface area contributed by atoms with Gasteiger partial charge in [-0.3, -0.25) is 0 Å². The molecule has 88 valence electrons. The van der Waals surface area contributed by atoms with E-state index in [-0.39, 0.29) is 6.10 Å². The minimum atomic E-state index is 0.0429.